The molecule has 17 heavy (non-hydrogen) atoms. The Morgan fingerprint density at radius 2 is 2.00 bits per heavy atom. The fraction of sp³-hybridized carbons (Fsp3) is 0.0769. The van der Waals surface area contributed by atoms with E-state index in [4.69, 9.17) is 0 Å². The van der Waals surface area contributed by atoms with Crippen molar-refractivity contribution >= 4 is 39.6 Å². The molecule has 0 saturated heterocycles. The maximum atomic E-state index is 4.46. The third-order valence-corrected chi connectivity index (χ3v) is 3.38. The van der Waals surface area contributed by atoms with E-state index in [1.165, 1.54) is 4.90 Å². The van der Waals surface area contributed by atoms with Crippen molar-refractivity contribution in [3.63, 3.8) is 0 Å². The van der Waals surface area contributed by atoms with Crippen molar-refractivity contribution in [2.45, 2.75) is 4.90 Å². The van der Waals surface area contributed by atoms with Crippen molar-refractivity contribution in [3.05, 3.63) is 52.8 Å². The van der Waals surface area contributed by atoms with Crippen LogP contribution in [-0.2, 0) is 0 Å². The van der Waals surface area contributed by atoms with E-state index in [2.05, 4.69) is 32.0 Å². The summed E-state index contributed by atoms with van der Waals surface area (Å²) < 4.78 is 0.819. The van der Waals surface area contributed by atoms with Crippen LogP contribution in [0.1, 0.15) is 5.69 Å². The normalized spacial score (nSPS) is 10.9. The summed E-state index contributed by atoms with van der Waals surface area (Å²) in [5, 5.41) is 0. The number of nitrogens with zero attached hydrogens (tertiary/aromatic N) is 2. The minimum atomic E-state index is 0.819. The van der Waals surface area contributed by atoms with Crippen LogP contribution >= 0.6 is 27.7 Å². The zero-order valence-electron chi connectivity index (χ0n) is 9.30. The number of para-hydroxylation sites is 1. The van der Waals surface area contributed by atoms with Crippen LogP contribution < -0.4 is 0 Å². The topological polar surface area (TPSA) is 25.2 Å². The van der Waals surface area contributed by atoms with Crippen molar-refractivity contribution in [1.82, 2.24) is 4.98 Å². The highest BCUT2D eigenvalue weighted by Crippen LogP contribution is 2.26. The molecular weight excluding hydrogens is 296 g/mol. The van der Waals surface area contributed by atoms with Crippen LogP contribution in [0.15, 0.2) is 57.0 Å². The molecule has 4 heteroatoms. The van der Waals surface area contributed by atoms with Crippen LogP contribution in [0.25, 0.3) is 0 Å². The molecule has 1 aromatic carbocycles. The van der Waals surface area contributed by atoms with Gasteiger partial charge in [-0.15, -0.1) is 11.8 Å². The minimum absolute atomic E-state index is 0.819. The number of aliphatic imine (C=N–C) groups is 1. The monoisotopic (exact) mass is 306 g/mol. The van der Waals surface area contributed by atoms with Crippen molar-refractivity contribution in [1.29, 1.82) is 0 Å². The Morgan fingerprint density at radius 1 is 1.18 bits per heavy atom. The number of hydrogen-bond donors (Lipinski definition) is 0. The summed E-state index contributed by atoms with van der Waals surface area (Å²) in [6.45, 7) is 0. The van der Waals surface area contributed by atoms with Gasteiger partial charge in [0.15, 0.2) is 0 Å². The van der Waals surface area contributed by atoms with Gasteiger partial charge in [-0.3, -0.25) is 4.99 Å². The standard InChI is InChI=1S/C13H11BrN2S/c1-17-12-7-3-2-6-11(12)15-9-10-5-4-8-13(14)16-10/h2-9H,1H3. The second-order valence-corrected chi connectivity index (χ2v) is 4.98. The number of benzene rings is 1. The Labute approximate surface area is 113 Å². The SMILES string of the molecule is CSc1ccccc1N=Cc1cccc(Br)n1. The van der Waals surface area contributed by atoms with Gasteiger partial charge in [0, 0.05) is 4.90 Å². The first-order valence-corrected chi connectivity index (χ1v) is 7.11. The number of pyridine rings is 1. The van der Waals surface area contributed by atoms with Crippen LogP contribution in [-0.4, -0.2) is 17.5 Å². The summed E-state index contributed by atoms with van der Waals surface area (Å²) in [5.41, 5.74) is 1.82. The maximum absolute atomic E-state index is 4.46. The van der Waals surface area contributed by atoms with Gasteiger partial charge in [0.2, 0.25) is 0 Å². The van der Waals surface area contributed by atoms with Gasteiger partial charge in [-0.05, 0) is 46.5 Å². The highest BCUT2D eigenvalue weighted by molar-refractivity contribution is 9.10. The molecule has 0 aliphatic heterocycles. The molecule has 0 N–H and O–H groups in total. The zero-order valence-corrected chi connectivity index (χ0v) is 11.7. The highest BCUT2D eigenvalue weighted by Gasteiger charge is 1.97. The second kappa shape index (κ2) is 5.98. The molecule has 2 rings (SSSR count). The van der Waals surface area contributed by atoms with Crippen molar-refractivity contribution < 1.29 is 0 Å². The lowest BCUT2D eigenvalue weighted by Gasteiger charge is -2.00. The average molecular weight is 307 g/mol. The predicted molar refractivity (Wildman–Crippen MR) is 77.4 cm³/mol. The number of halogens is 1. The van der Waals surface area contributed by atoms with Crippen LogP contribution in [0.2, 0.25) is 0 Å². The summed E-state index contributed by atoms with van der Waals surface area (Å²) in [7, 11) is 0. The molecule has 1 aromatic heterocycles. The molecule has 0 aliphatic rings. The molecule has 0 saturated carbocycles. The van der Waals surface area contributed by atoms with Crippen LogP contribution in [0.5, 0.6) is 0 Å². The van der Waals surface area contributed by atoms with Crippen LogP contribution in [0, 0.1) is 0 Å². The third kappa shape index (κ3) is 3.41. The van der Waals surface area contributed by atoms with E-state index in [9.17, 15) is 0 Å². The van der Waals surface area contributed by atoms with Gasteiger partial charge in [-0.25, -0.2) is 4.98 Å². The molecule has 1 heterocycles. The maximum Gasteiger partial charge on any atom is 0.106 e. The van der Waals surface area contributed by atoms with Crippen molar-refractivity contribution in [2.24, 2.45) is 4.99 Å². The van der Waals surface area contributed by atoms with Gasteiger partial charge >= 0.3 is 0 Å². The van der Waals surface area contributed by atoms with Crippen LogP contribution in [0.3, 0.4) is 0 Å². The zero-order chi connectivity index (χ0) is 12.1. The first-order chi connectivity index (χ1) is 8.29. The van der Waals surface area contributed by atoms with E-state index in [1.54, 1.807) is 18.0 Å². The van der Waals surface area contributed by atoms with Gasteiger partial charge in [0.1, 0.15) is 4.60 Å². The van der Waals surface area contributed by atoms with E-state index in [1.807, 2.05) is 42.7 Å². The van der Waals surface area contributed by atoms with Crippen molar-refractivity contribution in [3.8, 4) is 0 Å². The summed E-state index contributed by atoms with van der Waals surface area (Å²) in [4.78, 5) is 9.93. The van der Waals surface area contributed by atoms with E-state index >= 15 is 0 Å². The molecule has 2 aromatic rings. The molecule has 0 unspecified atom stereocenters. The fourth-order valence-corrected chi connectivity index (χ4v) is 2.27. The third-order valence-electron chi connectivity index (χ3n) is 2.16. The second-order valence-electron chi connectivity index (χ2n) is 3.32. The Morgan fingerprint density at radius 3 is 2.76 bits per heavy atom. The molecule has 0 bridgehead atoms. The summed E-state index contributed by atoms with van der Waals surface area (Å²) in [6, 6.07) is 13.8. The Bertz CT molecular complexity index is 540. The van der Waals surface area contributed by atoms with Gasteiger partial charge in [-0.1, -0.05) is 18.2 Å². The van der Waals surface area contributed by atoms with Gasteiger partial charge in [0.05, 0.1) is 17.6 Å². The lowest BCUT2D eigenvalue weighted by atomic mass is 10.3. The van der Waals surface area contributed by atoms with E-state index in [0.717, 1.165) is 16.0 Å². The fourth-order valence-electron chi connectivity index (χ4n) is 1.37. The first kappa shape index (κ1) is 12.3. The molecule has 0 fully saturated rings. The quantitative estimate of drug-likeness (QED) is 0.479. The minimum Gasteiger partial charge on any atom is -0.253 e. The highest BCUT2D eigenvalue weighted by atomic mass is 79.9. The predicted octanol–water partition coefficient (Wildman–Crippen LogP) is 4.32. The van der Waals surface area contributed by atoms with E-state index < -0.39 is 0 Å². The number of aromatic nitrogens is 1. The molecule has 0 atom stereocenters. The van der Waals surface area contributed by atoms with E-state index in [0.29, 0.717) is 0 Å². The number of rotatable bonds is 3. The molecule has 0 aliphatic carbocycles. The Balaban J connectivity index is 2.26. The summed E-state index contributed by atoms with van der Waals surface area (Å²) in [5.74, 6) is 0. The summed E-state index contributed by atoms with van der Waals surface area (Å²) >= 11 is 5.03. The van der Waals surface area contributed by atoms with Crippen molar-refractivity contribution in [2.75, 3.05) is 6.26 Å². The molecule has 2 nitrogen and oxygen atoms in total. The molecule has 86 valence electrons. The van der Waals surface area contributed by atoms with E-state index in [-0.39, 0.29) is 0 Å². The largest absolute Gasteiger partial charge is 0.253 e. The number of hydrogen-bond acceptors (Lipinski definition) is 3. The first-order valence-electron chi connectivity index (χ1n) is 5.09. The Hall–Kier alpha value is -1.13. The van der Waals surface area contributed by atoms with Gasteiger partial charge < -0.3 is 0 Å². The average Bonchev–Trinajstić information content (AvgIpc) is 2.37. The van der Waals surface area contributed by atoms with Gasteiger partial charge in [-0.2, -0.15) is 0 Å². The number of thioether (sulfide) groups is 1. The lowest BCUT2D eigenvalue weighted by molar-refractivity contribution is 1.25. The molecule has 0 radical (unpaired) electrons. The Kier molecular flexibility index (Phi) is 4.34. The lowest BCUT2D eigenvalue weighted by Crippen LogP contribution is -1.86. The molecule has 0 spiro atoms. The smallest absolute Gasteiger partial charge is 0.106 e. The summed E-state index contributed by atoms with van der Waals surface area (Å²) in [6.07, 6.45) is 3.82. The molecule has 0 amide bonds. The van der Waals surface area contributed by atoms with Crippen LogP contribution in [0.4, 0.5) is 5.69 Å². The van der Waals surface area contributed by atoms with Gasteiger partial charge in [0.25, 0.3) is 0 Å². The molecular formula is C13H11BrN2S.